The number of aliphatic imine (C=N–C) groups is 1. The number of hydrogen-bond donors (Lipinski definition) is 1. The number of fused-ring (bicyclic) bond motifs is 6. The molecule has 5 heteroatoms. The van der Waals surface area contributed by atoms with Crippen molar-refractivity contribution in [3.05, 3.63) is 114 Å². The van der Waals surface area contributed by atoms with Crippen LogP contribution in [0.1, 0.15) is 58.2 Å². The van der Waals surface area contributed by atoms with Crippen LogP contribution in [0.15, 0.2) is 96.1 Å². The van der Waals surface area contributed by atoms with Gasteiger partial charge in [0.15, 0.2) is 0 Å². The van der Waals surface area contributed by atoms with E-state index in [4.69, 9.17) is 15.1 Å². The van der Waals surface area contributed by atoms with Crippen LogP contribution in [0, 0.1) is 6.07 Å². The van der Waals surface area contributed by atoms with E-state index in [9.17, 15) is 0 Å². The van der Waals surface area contributed by atoms with Crippen molar-refractivity contribution in [2.45, 2.75) is 52.4 Å². The average molecular weight is 745 g/mol. The van der Waals surface area contributed by atoms with Gasteiger partial charge in [-0.2, -0.15) is 0 Å². The summed E-state index contributed by atoms with van der Waals surface area (Å²) in [5, 5.41) is 13.8. The van der Waals surface area contributed by atoms with Crippen LogP contribution in [-0.2, 0) is 30.9 Å². The number of aromatic hydroxyl groups is 1. The first-order chi connectivity index (χ1) is 20.0. The number of aromatic nitrogens is 2. The van der Waals surface area contributed by atoms with E-state index in [1.807, 2.05) is 36.5 Å². The van der Waals surface area contributed by atoms with Gasteiger partial charge in [-0.25, -0.2) is 0 Å². The fraction of sp³-hybridized carbons (Fsp3) is 0.237. The smallest absolute Gasteiger partial charge is 0.124 e. The molecule has 0 bridgehead atoms. The third-order valence-electron chi connectivity index (χ3n) is 7.52. The van der Waals surface area contributed by atoms with Crippen molar-refractivity contribution in [2.24, 2.45) is 4.99 Å². The molecule has 6 rings (SSSR count). The molecule has 1 radical (unpaired) electrons. The fourth-order valence-corrected chi connectivity index (χ4v) is 5.02. The minimum Gasteiger partial charge on any atom is -0.507 e. The maximum Gasteiger partial charge on any atom is 0.124 e. The summed E-state index contributed by atoms with van der Waals surface area (Å²) in [5.41, 5.74) is 7.29. The Balaban J connectivity index is 0.000000329. The van der Waals surface area contributed by atoms with E-state index >= 15 is 0 Å². The average Bonchev–Trinajstić information content (AvgIpc) is 2.97. The van der Waals surface area contributed by atoms with Crippen LogP contribution in [0.25, 0.3) is 43.8 Å². The van der Waals surface area contributed by atoms with Gasteiger partial charge in [0, 0.05) is 56.2 Å². The van der Waals surface area contributed by atoms with E-state index in [-0.39, 0.29) is 36.7 Å². The van der Waals surface area contributed by atoms with Gasteiger partial charge in [0.25, 0.3) is 0 Å². The number of nitrogens with zero attached hydrogens (tertiary/aromatic N) is 3. The van der Waals surface area contributed by atoms with Crippen molar-refractivity contribution in [3.8, 4) is 17.0 Å². The molecule has 0 saturated heterocycles. The van der Waals surface area contributed by atoms with Gasteiger partial charge in [0.05, 0.1) is 11.2 Å². The molecule has 1 aromatic heterocycles. The molecule has 5 aromatic carbocycles. The second kappa shape index (κ2) is 12.8. The fourth-order valence-electron chi connectivity index (χ4n) is 5.02. The topological polar surface area (TPSA) is 58.4 Å². The Morgan fingerprint density at radius 1 is 0.744 bits per heavy atom. The molecule has 0 aliphatic carbocycles. The van der Waals surface area contributed by atoms with Crippen LogP contribution < -0.4 is 0 Å². The molecule has 0 unspecified atom stereocenters. The van der Waals surface area contributed by atoms with E-state index in [1.165, 1.54) is 21.9 Å². The van der Waals surface area contributed by atoms with Crippen molar-refractivity contribution < 1.29 is 25.2 Å². The predicted octanol–water partition coefficient (Wildman–Crippen LogP) is 9.44. The largest absolute Gasteiger partial charge is 0.507 e. The molecule has 6 aromatic rings. The second-order valence-corrected chi connectivity index (χ2v) is 12.7. The molecule has 221 valence electrons. The van der Waals surface area contributed by atoms with Crippen molar-refractivity contribution >= 4 is 38.8 Å². The molecule has 0 aliphatic heterocycles. The summed E-state index contributed by atoms with van der Waals surface area (Å²) in [7, 11) is 1.67. The van der Waals surface area contributed by atoms with Gasteiger partial charge in [-0.3, -0.25) is 9.98 Å². The van der Waals surface area contributed by atoms with Crippen LogP contribution in [0.3, 0.4) is 0 Å². The minimum atomic E-state index is 0. The first-order valence-electron chi connectivity index (χ1n) is 14.3. The Morgan fingerprint density at radius 2 is 1.40 bits per heavy atom. The third kappa shape index (κ3) is 6.85. The van der Waals surface area contributed by atoms with Crippen molar-refractivity contribution in [2.75, 3.05) is 7.05 Å². The van der Waals surface area contributed by atoms with E-state index in [1.54, 1.807) is 25.4 Å². The van der Waals surface area contributed by atoms with Gasteiger partial charge in [0.1, 0.15) is 5.75 Å². The summed E-state index contributed by atoms with van der Waals surface area (Å²) in [6, 6.07) is 32.2. The Kier molecular flexibility index (Phi) is 9.49. The SMILES string of the molecule is CC(C)(C)c1c[c-]c2c(c1)c1cc(C(C)(C)C)ccc1c1nc(-c3ccccc3)cnc21.CN=Cc1ccccc1O.[Ir]. The predicted molar refractivity (Wildman–Crippen MR) is 178 cm³/mol. The van der Waals surface area contributed by atoms with Gasteiger partial charge in [-0.05, 0) is 33.9 Å². The van der Waals surface area contributed by atoms with Gasteiger partial charge in [-0.15, -0.1) is 29.1 Å². The standard InChI is InChI=1S/C30H29N2.C8H9NO.Ir/c1-29(2,3)20-12-14-22-24(16-20)25-17-21(30(4,5)6)13-15-23(25)28-27(22)31-18-26(32-28)19-10-8-7-9-11-19;1-9-6-7-4-2-3-5-8(7)10;/h7-13,15-18H,1-6H3;2-6,10H,1H3;/q-1;;. The monoisotopic (exact) mass is 745 g/mol. The van der Waals surface area contributed by atoms with Gasteiger partial charge in [0.2, 0.25) is 0 Å². The van der Waals surface area contributed by atoms with E-state index in [2.05, 4.69) is 95.1 Å². The van der Waals surface area contributed by atoms with Crippen LogP contribution in [0.5, 0.6) is 5.75 Å². The Hall–Kier alpha value is -3.92. The normalized spacial score (nSPS) is 11.9. The van der Waals surface area contributed by atoms with Crippen LogP contribution >= 0.6 is 0 Å². The number of phenols is 1. The van der Waals surface area contributed by atoms with Gasteiger partial charge < -0.3 is 10.1 Å². The Labute approximate surface area is 268 Å². The number of phenolic OH excluding ortho intramolecular Hbond substituents is 1. The molecule has 1 heterocycles. The van der Waals surface area contributed by atoms with Gasteiger partial charge in [-0.1, -0.05) is 113 Å². The van der Waals surface area contributed by atoms with Crippen LogP contribution in [0.2, 0.25) is 0 Å². The second-order valence-electron chi connectivity index (χ2n) is 12.7. The summed E-state index contributed by atoms with van der Waals surface area (Å²) in [4.78, 5) is 13.8. The third-order valence-corrected chi connectivity index (χ3v) is 7.52. The quantitative estimate of drug-likeness (QED) is 0.109. The van der Waals surface area contributed by atoms with Gasteiger partial charge >= 0.3 is 0 Å². The summed E-state index contributed by atoms with van der Waals surface area (Å²) in [5.74, 6) is 0.271. The Morgan fingerprint density at radius 3 is 2.05 bits per heavy atom. The number of rotatable bonds is 2. The maximum absolute atomic E-state index is 9.15. The summed E-state index contributed by atoms with van der Waals surface area (Å²) in [6.45, 7) is 13.5. The van der Waals surface area contributed by atoms with Crippen LogP contribution in [0.4, 0.5) is 0 Å². The van der Waals surface area contributed by atoms with Crippen molar-refractivity contribution in [3.63, 3.8) is 0 Å². The molecule has 43 heavy (non-hydrogen) atoms. The maximum atomic E-state index is 9.15. The van der Waals surface area contributed by atoms with Crippen molar-refractivity contribution in [1.82, 2.24) is 9.97 Å². The number of benzene rings is 5. The molecule has 0 aliphatic rings. The summed E-state index contributed by atoms with van der Waals surface area (Å²) >= 11 is 0. The zero-order valence-electron chi connectivity index (χ0n) is 25.9. The van der Waals surface area contributed by atoms with E-state index in [0.717, 1.165) is 38.6 Å². The Bertz CT molecular complexity index is 1920. The summed E-state index contributed by atoms with van der Waals surface area (Å²) < 4.78 is 0. The van der Waals surface area contributed by atoms with Crippen molar-refractivity contribution in [1.29, 1.82) is 0 Å². The first-order valence-corrected chi connectivity index (χ1v) is 14.3. The number of para-hydroxylation sites is 1. The zero-order valence-corrected chi connectivity index (χ0v) is 28.3. The van der Waals surface area contributed by atoms with E-state index < -0.39 is 0 Å². The van der Waals surface area contributed by atoms with E-state index in [0.29, 0.717) is 0 Å². The molecule has 1 N–H and O–H groups in total. The first kappa shape index (κ1) is 32.0. The molecule has 0 saturated carbocycles. The molecular weight excluding hydrogens is 707 g/mol. The molecular formula is C38H38IrN3O-. The van der Waals surface area contributed by atoms with Crippen LogP contribution in [-0.4, -0.2) is 28.3 Å². The molecule has 4 nitrogen and oxygen atoms in total. The zero-order chi connectivity index (χ0) is 30.1. The minimum absolute atomic E-state index is 0. The summed E-state index contributed by atoms with van der Waals surface area (Å²) in [6.07, 6.45) is 3.51. The molecule has 0 amide bonds. The molecule has 0 spiro atoms. The molecule has 0 atom stereocenters. The number of hydrogen-bond acceptors (Lipinski definition) is 4. The molecule has 0 fully saturated rings.